The first-order chi connectivity index (χ1) is 7.15. The van der Waals surface area contributed by atoms with Crippen LogP contribution >= 0.6 is 11.3 Å². The van der Waals surface area contributed by atoms with Gasteiger partial charge in [0.1, 0.15) is 23.4 Å². The van der Waals surface area contributed by atoms with Crippen LogP contribution in [0.25, 0.3) is 0 Å². The van der Waals surface area contributed by atoms with Crippen LogP contribution in [0.1, 0.15) is 11.0 Å². The van der Waals surface area contributed by atoms with E-state index in [-0.39, 0.29) is 6.54 Å². The summed E-state index contributed by atoms with van der Waals surface area (Å²) < 4.78 is 5.54. The first kappa shape index (κ1) is 10.5. The van der Waals surface area contributed by atoms with Crippen molar-refractivity contribution in [1.82, 2.24) is 0 Å². The van der Waals surface area contributed by atoms with E-state index in [4.69, 9.17) is 16.2 Å². The Morgan fingerprint density at radius 2 is 2.40 bits per heavy atom. The zero-order valence-corrected chi connectivity index (χ0v) is 9.38. The molecule has 1 unspecified atom stereocenters. The summed E-state index contributed by atoms with van der Waals surface area (Å²) in [7, 11) is 1.96. The standard InChI is InChI=1S/C9H15N3O2S/c1-12-2-3-14-7-6(12)9(11)15-8(7)5(13)4-10/h5,13H,2-4,10-11H2,1H3. The lowest BCUT2D eigenvalue weighted by molar-refractivity contribution is 0.183. The van der Waals surface area contributed by atoms with E-state index < -0.39 is 6.10 Å². The maximum absolute atomic E-state index is 9.72. The molecule has 0 radical (unpaired) electrons. The van der Waals surface area contributed by atoms with Crippen LogP contribution in [0.4, 0.5) is 10.7 Å². The second-order valence-electron chi connectivity index (χ2n) is 3.53. The minimum Gasteiger partial charge on any atom is -0.488 e. The molecule has 0 amide bonds. The second-order valence-corrected chi connectivity index (χ2v) is 4.61. The molecule has 15 heavy (non-hydrogen) atoms. The summed E-state index contributed by atoms with van der Waals surface area (Å²) in [5.74, 6) is 0.698. The molecule has 0 saturated heterocycles. The maximum Gasteiger partial charge on any atom is 0.161 e. The van der Waals surface area contributed by atoms with Gasteiger partial charge in [-0.3, -0.25) is 0 Å². The molecule has 6 heteroatoms. The van der Waals surface area contributed by atoms with Crippen LogP contribution in [0, 0.1) is 0 Å². The first-order valence-electron chi connectivity index (χ1n) is 4.79. The molecule has 0 saturated carbocycles. The molecular weight excluding hydrogens is 214 g/mol. The highest BCUT2D eigenvalue weighted by Crippen LogP contribution is 2.48. The number of hydrogen-bond acceptors (Lipinski definition) is 6. The summed E-state index contributed by atoms with van der Waals surface area (Å²) in [4.78, 5) is 2.77. The SMILES string of the molecule is CN1CCOc2c(C(O)CN)sc(N)c21. The lowest BCUT2D eigenvalue weighted by atomic mass is 10.2. The number of ether oxygens (including phenoxy) is 1. The number of rotatable bonds is 2. The third-order valence-electron chi connectivity index (χ3n) is 2.47. The number of nitrogens with two attached hydrogens (primary N) is 2. The smallest absolute Gasteiger partial charge is 0.161 e. The number of nitrogens with zero attached hydrogens (tertiary/aromatic N) is 1. The van der Waals surface area contributed by atoms with E-state index in [0.29, 0.717) is 17.4 Å². The van der Waals surface area contributed by atoms with Gasteiger partial charge in [-0.05, 0) is 0 Å². The van der Waals surface area contributed by atoms with E-state index in [2.05, 4.69) is 0 Å². The van der Waals surface area contributed by atoms with Gasteiger partial charge in [0, 0.05) is 13.6 Å². The molecule has 1 aliphatic rings. The zero-order chi connectivity index (χ0) is 11.0. The summed E-state index contributed by atoms with van der Waals surface area (Å²) in [5.41, 5.74) is 12.2. The third kappa shape index (κ3) is 1.64. The van der Waals surface area contributed by atoms with Gasteiger partial charge < -0.3 is 26.2 Å². The van der Waals surface area contributed by atoms with Gasteiger partial charge in [0.05, 0.1) is 11.4 Å². The summed E-state index contributed by atoms with van der Waals surface area (Å²) in [6, 6.07) is 0. The van der Waals surface area contributed by atoms with Crippen molar-refractivity contribution in [1.29, 1.82) is 0 Å². The molecule has 0 aliphatic carbocycles. The van der Waals surface area contributed by atoms with Crippen molar-refractivity contribution in [3.8, 4) is 5.75 Å². The number of anilines is 2. The molecule has 2 rings (SSSR count). The van der Waals surface area contributed by atoms with Gasteiger partial charge in [-0.1, -0.05) is 0 Å². The lowest BCUT2D eigenvalue weighted by Gasteiger charge is -2.26. The van der Waals surface area contributed by atoms with Gasteiger partial charge in [-0.15, -0.1) is 11.3 Å². The number of likely N-dealkylation sites (N-methyl/N-ethyl adjacent to an activating group) is 1. The van der Waals surface area contributed by atoms with Crippen molar-refractivity contribution >= 4 is 22.0 Å². The monoisotopic (exact) mass is 229 g/mol. The molecule has 0 bridgehead atoms. The predicted molar refractivity (Wildman–Crippen MR) is 61.5 cm³/mol. The highest BCUT2D eigenvalue weighted by Gasteiger charge is 2.27. The van der Waals surface area contributed by atoms with Crippen LogP contribution in [0.2, 0.25) is 0 Å². The summed E-state index contributed by atoms with van der Waals surface area (Å²) in [6.07, 6.45) is -0.687. The van der Waals surface area contributed by atoms with Gasteiger partial charge in [-0.2, -0.15) is 0 Å². The van der Waals surface area contributed by atoms with E-state index in [1.165, 1.54) is 11.3 Å². The van der Waals surface area contributed by atoms with Crippen molar-refractivity contribution in [2.45, 2.75) is 6.10 Å². The van der Waals surface area contributed by atoms with Gasteiger partial charge in [-0.25, -0.2) is 0 Å². The fraction of sp³-hybridized carbons (Fsp3) is 0.556. The Hall–Kier alpha value is -0.980. The number of thiophene rings is 1. The second kappa shape index (κ2) is 3.88. The third-order valence-corrected chi connectivity index (χ3v) is 3.56. The average molecular weight is 229 g/mol. The summed E-state index contributed by atoms with van der Waals surface area (Å²) in [6.45, 7) is 1.61. The Labute approximate surface area is 92.2 Å². The van der Waals surface area contributed by atoms with Gasteiger partial charge >= 0.3 is 0 Å². The Bertz CT molecular complexity index is 366. The average Bonchev–Trinajstić information content (AvgIpc) is 2.56. The Kier molecular flexibility index (Phi) is 2.72. The number of aliphatic hydroxyl groups excluding tert-OH is 1. The van der Waals surface area contributed by atoms with E-state index in [1.54, 1.807) is 0 Å². The quantitative estimate of drug-likeness (QED) is 0.672. The van der Waals surface area contributed by atoms with Crippen molar-refractivity contribution in [3.05, 3.63) is 4.88 Å². The number of aliphatic hydroxyl groups is 1. The predicted octanol–water partition coefficient (Wildman–Crippen LogP) is 0.151. The summed E-state index contributed by atoms with van der Waals surface area (Å²) in [5, 5.41) is 10.4. The van der Waals surface area contributed by atoms with Gasteiger partial charge in [0.25, 0.3) is 0 Å². The van der Waals surface area contributed by atoms with Crippen LogP contribution in [0.5, 0.6) is 5.75 Å². The van der Waals surface area contributed by atoms with Crippen LogP contribution in [0.15, 0.2) is 0 Å². The molecule has 1 atom stereocenters. The molecule has 0 spiro atoms. The maximum atomic E-state index is 9.72. The molecule has 1 aromatic heterocycles. The summed E-state index contributed by atoms with van der Waals surface area (Å²) >= 11 is 1.35. The molecule has 0 fully saturated rings. The van der Waals surface area contributed by atoms with Crippen molar-refractivity contribution in [2.24, 2.45) is 5.73 Å². The highest BCUT2D eigenvalue weighted by molar-refractivity contribution is 7.17. The molecule has 0 aromatic carbocycles. The molecule has 1 aromatic rings. The van der Waals surface area contributed by atoms with E-state index in [0.717, 1.165) is 17.1 Å². The van der Waals surface area contributed by atoms with E-state index >= 15 is 0 Å². The van der Waals surface area contributed by atoms with Crippen molar-refractivity contribution in [2.75, 3.05) is 37.4 Å². The Balaban J connectivity index is 2.46. The molecule has 5 N–H and O–H groups in total. The Morgan fingerprint density at radius 1 is 1.67 bits per heavy atom. The van der Waals surface area contributed by atoms with Gasteiger partial charge in [0.2, 0.25) is 0 Å². The number of hydrogen-bond donors (Lipinski definition) is 3. The Morgan fingerprint density at radius 3 is 3.07 bits per heavy atom. The molecule has 5 nitrogen and oxygen atoms in total. The highest BCUT2D eigenvalue weighted by atomic mass is 32.1. The minimum atomic E-state index is -0.687. The van der Waals surface area contributed by atoms with Gasteiger partial charge in [0.15, 0.2) is 5.75 Å². The van der Waals surface area contributed by atoms with E-state index in [9.17, 15) is 5.11 Å². The van der Waals surface area contributed by atoms with Crippen LogP contribution < -0.4 is 21.1 Å². The molecule has 84 valence electrons. The first-order valence-corrected chi connectivity index (χ1v) is 5.61. The van der Waals surface area contributed by atoms with Crippen LogP contribution in [-0.2, 0) is 0 Å². The van der Waals surface area contributed by atoms with Crippen LogP contribution in [0.3, 0.4) is 0 Å². The molecule has 1 aliphatic heterocycles. The molecule has 2 heterocycles. The molecular formula is C9H15N3O2S. The lowest BCUT2D eigenvalue weighted by Crippen LogP contribution is -2.29. The number of nitrogen functional groups attached to an aromatic ring is 1. The zero-order valence-electron chi connectivity index (χ0n) is 8.56. The van der Waals surface area contributed by atoms with Crippen molar-refractivity contribution < 1.29 is 9.84 Å². The normalized spacial score (nSPS) is 17.1. The topological polar surface area (TPSA) is 84.7 Å². The fourth-order valence-electron chi connectivity index (χ4n) is 1.67. The van der Waals surface area contributed by atoms with Crippen LogP contribution in [-0.4, -0.2) is 31.9 Å². The minimum absolute atomic E-state index is 0.180. The van der Waals surface area contributed by atoms with Crippen molar-refractivity contribution in [3.63, 3.8) is 0 Å². The number of fused-ring (bicyclic) bond motifs is 1. The fourth-order valence-corrected chi connectivity index (χ4v) is 2.73. The van der Waals surface area contributed by atoms with E-state index in [1.807, 2.05) is 11.9 Å². The largest absolute Gasteiger partial charge is 0.488 e.